The Morgan fingerprint density at radius 1 is 0.968 bits per heavy atom. The zero-order valence-corrected chi connectivity index (χ0v) is 18.0. The molecule has 0 N–H and O–H groups in total. The molecule has 31 heavy (non-hydrogen) atoms. The van der Waals surface area contributed by atoms with Gasteiger partial charge in [0.1, 0.15) is 16.4 Å². The first kappa shape index (κ1) is 21.1. The van der Waals surface area contributed by atoms with Crippen LogP contribution in [-0.2, 0) is 17.1 Å². The van der Waals surface area contributed by atoms with E-state index < -0.39 is 10.0 Å². The maximum absolute atomic E-state index is 13.3. The number of ether oxygens (including phenoxy) is 1. The number of nitrogens with zero attached hydrogens (tertiary/aromatic N) is 4. The van der Waals surface area contributed by atoms with Gasteiger partial charge in [0.05, 0.1) is 11.8 Å². The van der Waals surface area contributed by atoms with E-state index in [-0.39, 0.29) is 17.3 Å². The molecule has 2 aromatic carbocycles. The van der Waals surface area contributed by atoms with Gasteiger partial charge < -0.3 is 9.64 Å². The van der Waals surface area contributed by atoms with Gasteiger partial charge in [0.25, 0.3) is 5.91 Å². The standard InChI is InChI=1S/C22H24N4O4S/c1-24-17-19(16-23-24)31(28,29)26-13-7-12-25(14-15-26)22(27)20-10-5-6-11-21(20)30-18-8-3-2-4-9-18/h2-6,8-11,16-17H,7,12-15H2,1H3. The Kier molecular flexibility index (Phi) is 6.06. The molecule has 0 spiro atoms. The number of sulfonamides is 1. The lowest BCUT2D eigenvalue weighted by Crippen LogP contribution is -2.37. The maximum atomic E-state index is 13.3. The first-order valence-corrected chi connectivity index (χ1v) is 11.5. The zero-order valence-electron chi connectivity index (χ0n) is 17.2. The fourth-order valence-corrected chi connectivity index (χ4v) is 4.99. The van der Waals surface area contributed by atoms with Crippen molar-refractivity contribution < 1.29 is 17.9 Å². The highest BCUT2D eigenvalue weighted by Gasteiger charge is 2.30. The van der Waals surface area contributed by atoms with Gasteiger partial charge in [-0.3, -0.25) is 9.48 Å². The Hall–Kier alpha value is -3.17. The largest absolute Gasteiger partial charge is 0.457 e. The summed E-state index contributed by atoms with van der Waals surface area (Å²) in [5.74, 6) is 0.947. The van der Waals surface area contributed by atoms with E-state index in [1.807, 2.05) is 36.4 Å². The Labute approximate surface area is 181 Å². The van der Waals surface area contributed by atoms with Crippen LogP contribution in [0.25, 0.3) is 0 Å². The molecular formula is C22H24N4O4S. The molecule has 1 aromatic heterocycles. The predicted molar refractivity (Wildman–Crippen MR) is 115 cm³/mol. The average Bonchev–Trinajstić information content (AvgIpc) is 3.07. The number of rotatable bonds is 5. The molecule has 1 amide bonds. The van der Waals surface area contributed by atoms with Crippen LogP contribution in [0.15, 0.2) is 71.9 Å². The molecule has 0 atom stereocenters. The zero-order chi connectivity index (χ0) is 21.8. The summed E-state index contributed by atoms with van der Waals surface area (Å²) in [6.07, 6.45) is 3.38. The lowest BCUT2D eigenvalue weighted by molar-refractivity contribution is 0.0761. The number of para-hydroxylation sites is 2. The van der Waals surface area contributed by atoms with Gasteiger partial charge in [0.15, 0.2) is 0 Å². The van der Waals surface area contributed by atoms with E-state index in [2.05, 4.69) is 5.10 Å². The van der Waals surface area contributed by atoms with E-state index in [0.29, 0.717) is 43.1 Å². The van der Waals surface area contributed by atoms with Crippen LogP contribution in [0.2, 0.25) is 0 Å². The molecule has 0 radical (unpaired) electrons. The van der Waals surface area contributed by atoms with Crippen molar-refractivity contribution in [1.82, 2.24) is 19.0 Å². The lowest BCUT2D eigenvalue weighted by atomic mass is 10.1. The van der Waals surface area contributed by atoms with E-state index in [9.17, 15) is 13.2 Å². The van der Waals surface area contributed by atoms with Crippen molar-refractivity contribution in [3.63, 3.8) is 0 Å². The molecule has 0 saturated carbocycles. The molecule has 0 unspecified atom stereocenters. The number of carbonyl (C=O) groups is 1. The Balaban J connectivity index is 1.50. The van der Waals surface area contributed by atoms with E-state index in [4.69, 9.17) is 4.74 Å². The van der Waals surface area contributed by atoms with Crippen molar-refractivity contribution >= 4 is 15.9 Å². The number of hydrogen-bond acceptors (Lipinski definition) is 5. The van der Waals surface area contributed by atoms with Gasteiger partial charge in [-0.2, -0.15) is 9.40 Å². The highest BCUT2D eigenvalue weighted by Crippen LogP contribution is 2.27. The average molecular weight is 441 g/mol. The van der Waals surface area contributed by atoms with Crippen molar-refractivity contribution in [2.75, 3.05) is 26.2 Å². The topological polar surface area (TPSA) is 84.7 Å². The number of aromatic nitrogens is 2. The van der Waals surface area contributed by atoms with Crippen molar-refractivity contribution in [3.05, 3.63) is 72.6 Å². The van der Waals surface area contributed by atoms with Crippen LogP contribution in [0.3, 0.4) is 0 Å². The number of aryl methyl sites for hydroxylation is 1. The summed E-state index contributed by atoms with van der Waals surface area (Å²) in [4.78, 5) is 15.1. The second-order valence-corrected chi connectivity index (χ2v) is 9.25. The third-order valence-corrected chi connectivity index (χ3v) is 7.00. The van der Waals surface area contributed by atoms with Crippen LogP contribution in [0.5, 0.6) is 11.5 Å². The van der Waals surface area contributed by atoms with Crippen LogP contribution in [0.4, 0.5) is 0 Å². The molecule has 1 aliphatic heterocycles. The fraction of sp³-hybridized carbons (Fsp3) is 0.273. The van der Waals surface area contributed by atoms with Crippen molar-refractivity contribution in [2.45, 2.75) is 11.3 Å². The number of carbonyl (C=O) groups excluding carboxylic acids is 1. The first-order chi connectivity index (χ1) is 14.9. The molecule has 0 aliphatic carbocycles. The fourth-order valence-electron chi connectivity index (χ4n) is 3.54. The summed E-state index contributed by atoms with van der Waals surface area (Å²) in [5, 5.41) is 3.96. The predicted octanol–water partition coefficient (Wildman–Crippen LogP) is 2.75. The van der Waals surface area contributed by atoms with Gasteiger partial charge in [-0.05, 0) is 30.7 Å². The van der Waals surface area contributed by atoms with Crippen molar-refractivity contribution in [1.29, 1.82) is 0 Å². The van der Waals surface area contributed by atoms with Gasteiger partial charge in [-0.1, -0.05) is 30.3 Å². The van der Waals surface area contributed by atoms with Gasteiger partial charge in [-0.25, -0.2) is 8.42 Å². The van der Waals surface area contributed by atoms with Crippen molar-refractivity contribution in [2.24, 2.45) is 7.05 Å². The van der Waals surface area contributed by atoms with Gasteiger partial charge in [0, 0.05) is 39.4 Å². The minimum absolute atomic E-state index is 0.163. The molecule has 0 bridgehead atoms. The molecular weight excluding hydrogens is 416 g/mol. The molecule has 1 aliphatic rings. The minimum atomic E-state index is -3.64. The summed E-state index contributed by atoms with van der Waals surface area (Å²) in [7, 11) is -1.96. The van der Waals surface area contributed by atoms with Gasteiger partial charge in [0.2, 0.25) is 10.0 Å². The third kappa shape index (κ3) is 4.62. The molecule has 9 heteroatoms. The summed E-state index contributed by atoms with van der Waals surface area (Å²) in [6, 6.07) is 16.4. The summed E-state index contributed by atoms with van der Waals surface area (Å²) < 4.78 is 34.6. The summed E-state index contributed by atoms with van der Waals surface area (Å²) >= 11 is 0. The van der Waals surface area contributed by atoms with Crippen LogP contribution in [0, 0.1) is 0 Å². The first-order valence-electron chi connectivity index (χ1n) is 10.0. The Morgan fingerprint density at radius 2 is 1.71 bits per heavy atom. The molecule has 8 nitrogen and oxygen atoms in total. The summed E-state index contributed by atoms with van der Waals surface area (Å²) in [5.41, 5.74) is 0.454. The Bertz CT molecular complexity index is 1160. The normalized spacial score (nSPS) is 15.5. The minimum Gasteiger partial charge on any atom is -0.457 e. The highest BCUT2D eigenvalue weighted by atomic mass is 32.2. The molecule has 3 aromatic rings. The Morgan fingerprint density at radius 3 is 2.45 bits per heavy atom. The van der Waals surface area contributed by atoms with Gasteiger partial charge >= 0.3 is 0 Å². The van der Waals surface area contributed by atoms with Gasteiger partial charge in [-0.15, -0.1) is 0 Å². The van der Waals surface area contributed by atoms with E-state index in [0.717, 1.165) is 0 Å². The highest BCUT2D eigenvalue weighted by molar-refractivity contribution is 7.89. The smallest absolute Gasteiger partial charge is 0.257 e. The van der Waals surface area contributed by atoms with Crippen LogP contribution in [-0.4, -0.2) is 59.5 Å². The van der Waals surface area contributed by atoms with E-state index in [1.54, 1.807) is 30.1 Å². The molecule has 1 fully saturated rings. The van der Waals surface area contributed by atoms with E-state index in [1.165, 1.54) is 21.4 Å². The van der Waals surface area contributed by atoms with E-state index >= 15 is 0 Å². The third-order valence-electron chi connectivity index (χ3n) is 5.15. The SMILES string of the molecule is Cn1cc(S(=O)(=O)N2CCCN(C(=O)c3ccccc3Oc3ccccc3)CC2)cn1. The number of benzene rings is 2. The summed E-state index contributed by atoms with van der Waals surface area (Å²) in [6.45, 7) is 1.35. The quantitative estimate of drug-likeness (QED) is 0.609. The maximum Gasteiger partial charge on any atom is 0.257 e. The monoisotopic (exact) mass is 440 g/mol. The molecule has 162 valence electrons. The number of hydrogen-bond donors (Lipinski definition) is 0. The number of amides is 1. The van der Waals surface area contributed by atoms with Crippen LogP contribution < -0.4 is 4.74 Å². The van der Waals surface area contributed by atoms with Crippen LogP contribution >= 0.6 is 0 Å². The lowest BCUT2D eigenvalue weighted by Gasteiger charge is -2.22. The van der Waals surface area contributed by atoms with Crippen LogP contribution in [0.1, 0.15) is 16.8 Å². The second kappa shape index (κ2) is 8.91. The second-order valence-electron chi connectivity index (χ2n) is 7.31. The molecule has 1 saturated heterocycles. The molecule has 2 heterocycles. The van der Waals surface area contributed by atoms with Crippen molar-refractivity contribution in [3.8, 4) is 11.5 Å². The molecule has 4 rings (SSSR count).